The zero-order chi connectivity index (χ0) is 17.6. The van der Waals surface area contributed by atoms with Crippen molar-refractivity contribution in [3.05, 3.63) is 58.8 Å². The first-order valence-corrected chi connectivity index (χ1v) is 7.99. The van der Waals surface area contributed by atoms with Gasteiger partial charge in [-0.15, -0.1) is 0 Å². The summed E-state index contributed by atoms with van der Waals surface area (Å²) in [5, 5.41) is 7.13. The Morgan fingerprint density at radius 3 is 2.84 bits per heavy atom. The highest BCUT2D eigenvalue weighted by atomic mass is 19.1. The molecule has 0 fully saturated rings. The number of aryl methyl sites for hydroxylation is 2. The van der Waals surface area contributed by atoms with Gasteiger partial charge in [0.15, 0.2) is 5.69 Å². The van der Waals surface area contributed by atoms with E-state index in [0.717, 1.165) is 11.3 Å². The SMILES string of the molecule is Cc1cccc(NC(=O)c2nn(C)c3c2CCc2c(F)ccnc2-3)n1. The van der Waals surface area contributed by atoms with Crippen LogP contribution in [-0.2, 0) is 19.9 Å². The number of aromatic nitrogens is 4. The Bertz CT molecular complexity index is 995. The molecule has 0 spiro atoms. The maximum atomic E-state index is 14.0. The van der Waals surface area contributed by atoms with Gasteiger partial charge >= 0.3 is 0 Å². The Morgan fingerprint density at radius 2 is 2.04 bits per heavy atom. The van der Waals surface area contributed by atoms with Gasteiger partial charge < -0.3 is 5.32 Å². The largest absolute Gasteiger partial charge is 0.305 e. The summed E-state index contributed by atoms with van der Waals surface area (Å²) in [5.41, 5.74) is 3.77. The van der Waals surface area contributed by atoms with Gasteiger partial charge in [-0.05, 0) is 38.0 Å². The van der Waals surface area contributed by atoms with E-state index in [2.05, 4.69) is 20.4 Å². The number of anilines is 1. The predicted molar refractivity (Wildman–Crippen MR) is 90.7 cm³/mol. The molecule has 3 aromatic rings. The number of halogens is 1. The second kappa shape index (κ2) is 5.77. The maximum Gasteiger partial charge on any atom is 0.277 e. The highest BCUT2D eigenvalue weighted by molar-refractivity contribution is 6.04. The fourth-order valence-electron chi connectivity index (χ4n) is 3.23. The lowest BCUT2D eigenvalue weighted by molar-refractivity contribution is 0.102. The molecule has 0 bridgehead atoms. The molecule has 3 heterocycles. The summed E-state index contributed by atoms with van der Waals surface area (Å²) < 4.78 is 15.6. The molecule has 7 heteroatoms. The molecule has 0 aromatic carbocycles. The summed E-state index contributed by atoms with van der Waals surface area (Å²) in [5.74, 6) is -0.119. The molecular formula is C18H16FN5O. The van der Waals surface area contributed by atoms with Crippen molar-refractivity contribution in [1.82, 2.24) is 19.7 Å². The van der Waals surface area contributed by atoms with Gasteiger partial charge in [0, 0.05) is 30.1 Å². The van der Waals surface area contributed by atoms with E-state index in [1.807, 2.05) is 19.1 Å². The first-order chi connectivity index (χ1) is 12.0. The molecule has 0 aliphatic heterocycles. The van der Waals surface area contributed by atoms with Crippen LogP contribution in [0.15, 0.2) is 30.5 Å². The molecular weight excluding hydrogens is 321 g/mol. The van der Waals surface area contributed by atoms with E-state index in [0.29, 0.717) is 41.3 Å². The Kier molecular flexibility index (Phi) is 3.56. The van der Waals surface area contributed by atoms with Crippen LogP contribution in [0.3, 0.4) is 0 Å². The Labute approximate surface area is 143 Å². The van der Waals surface area contributed by atoms with Crippen LogP contribution in [0, 0.1) is 12.7 Å². The number of carbonyl (C=O) groups is 1. The predicted octanol–water partition coefficient (Wildman–Crippen LogP) is 2.68. The monoisotopic (exact) mass is 337 g/mol. The van der Waals surface area contributed by atoms with E-state index in [1.54, 1.807) is 17.8 Å². The van der Waals surface area contributed by atoms with Gasteiger partial charge in [0.25, 0.3) is 5.91 Å². The second-order valence-corrected chi connectivity index (χ2v) is 6.04. The number of amides is 1. The summed E-state index contributed by atoms with van der Waals surface area (Å²) in [6, 6.07) is 6.77. The van der Waals surface area contributed by atoms with Crippen LogP contribution in [0.5, 0.6) is 0 Å². The molecule has 1 aliphatic carbocycles. The van der Waals surface area contributed by atoms with E-state index in [1.165, 1.54) is 12.3 Å². The van der Waals surface area contributed by atoms with Gasteiger partial charge in [0.05, 0.1) is 11.4 Å². The van der Waals surface area contributed by atoms with Crippen LogP contribution in [0.4, 0.5) is 10.2 Å². The van der Waals surface area contributed by atoms with E-state index < -0.39 is 0 Å². The van der Waals surface area contributed by atoms with Crippen molar-refractivity contribution in [2.45, 2.75) is 19.8 Å². The topological polar surface area (TPSA) is 72.7 Å². The molecule has 3 aromatic heterocycles. The maximum absolute atomic E-state index is 14.0. The average Bonchev–Trinajstić information content (AvgIpc) is 2.93. The second-order valence-electron chi connectivity index (χ2n) is 6.04. The number of fused-ring (bicyclic) bond motifs is 3. The molecule has 1 amide bonds. The van der Waals surface area contributed by atoms with Crippen molar-refractivity contribution < 1.29 is 9.18 Å². The quantitative estimate of drug-likeness (QED) is 0.780. The van der Waals surface area contributed by atoms with Crippen molar-refractivity contribution in [3.8, 4) is 11.4 Å². The van der Waals surface area contributed by atoms with Crippen molar-refractivity contribution in [2.24, 2.45) is 7.05 Å². The van der Waals surface area contributed by atoms with Crippen LogP contribution in [0.25, 0.3) is 11.4 Å². The number of nitrogens with one attached hydrogen (secondary N) is 1. The third-order valence-electron chi connectivity index (χ3n) is 4.34. The van der Waals surface area contributed by atoms with Crippen molar-refractivity contribution >= 4 is 11.7 Å². The number of rotatable bonds is 2. The van der Waals surface area contributed by atoms with E-state index >= 15 is 0 Å². The highest BCUT2D eigenvalue weighted by Gasteiger charge is 2.29. The average molecular weight is 337 g/mol. The Balaban J connectivity index is 1.74. The lowest BCUT2D eigenvalue weighted by Crippen LogP contribution is -2.17. The van der Waals surface area contributed by atoms with E-state index in [-0.39, 0.29) is 11.7 Å². The normalized spacial score (nSPS) is 12.4. The molecule has 6 nitrogen and oxygen atoms in total. The molecule has 1 aliphatic rings. The summed E-state index contributed by atoms with van der Waals surface area (Å²) in [6.07, 6.45) is 2.48. The van der Waals surface area contributed by atoms with Crippen LogP contribution < -0.4 is 5.32 Å². The molecule has 1 N–H and O–H groups in total. The standard InChI is InChI=1S/C18H16FN5O/c1-10-4-3-5-14(21-10)22-18(25)16-12-7-6-11-13(19)8-9-20-15(11)17(12)24(2)23-16/h3-5,8-9H,6-7H2,1-2H3,(H,21,22,25). The Hall–Kier alpha value is -3.09. The number of carbonyl (C=O) groups excluding carboxylic acids is 1. The van der Waals surface area contributed by atoms with Gasteiger partial charge in [0.1, 0.15) is 11.6 Å². The molecule has 25 heavy (non-hydrogen) atoms. The van der Waals surface area contributed by atoms with E-state index in [4.69, 9.17) is 0 Å². The minimum absolute atomic E-state index is 0.271. The third-order valence-corrected chi connectivity index (χ3v) is 4.34. The van der Waals surface area contributed by atoms with Crippen LogP contribution >= 0.6 is 0 Å². The summed E-state index contributed by atoms with van der Waals surface area (Å²) in [7, 11) is 1.74. The smallest absolute Gasteiger partial charge is 0.277 e. The van der Waals surface area contributed by atoms with Crippen LogP contribution in [0.2, 0.25) is 0 Å². The zero-order valence-electron chi connectivity index (χ0n) is 13.9. The highest BCUT2D eigenvalue weighted by Crippen LogP contribution is 2.34. The van der Waals surface area contributed by atoms with Gasteiger partial charge in [-0.25, -0.2) is 9.37 Å². The Morgan fingerprint density at radius 1 is 1.24 bits per heavy atom. The summed E-state index contributed by atoms with van der Waals surface area (Å²) in [4.78, 5) is 21.3. The minimum Gasteiger partial charge on any atom is -0.305 e. The van der Waals surface area contributed by atoms with E-state index in [9.17, 15) is 9.18 Å². The first kappa shape index (κ1) is 15.4. The number of nitrogens with zero attached hydrogens (tertiary/aromatic N) is 4. The molecule has 0 saturated heterocycles. The number of pyridine rings is 2. The molecule has 0 unspecified atom stereocenters. The summed E-state index contributed by atoms with van der Waals surface area (Å²) in [6.45, 7) is 1.86. The lowest BCUT2D eigenvalue weighted by Gasteiger charge is -2.17. The van der Waals surface area contributed by atoms with Gasteiger partial charge in [0.2, 0.25) is 0 Å². The summed E-state index contributed by atoms with van der Waals surface area (Å²) >= 11 is 0. The minimum atomic E-state index is -0.324. The third kappa shape index (κ3) is 2.57. The molecule has 0 saturated carbocycles. The fraction of sp³-hybridized carbons (Fsp3) is 0.222. The number of hydrogen-bond acceptors (Lipinski definition) is 4. The molecule has 4 rings (SSSR count). The van der Waals surface area contributed by atoms with Crippen LogP contribution in [0.1, 0.15) is 27.3 Å². The van der Waals surface area contributed by atoms with Crippen molar-refractivity contribution in [2.75, 3.05) is 5.32 Å². The zero-order valence-corrected chi connectivity index (χ0v) is 13.9. The van der Waals surface area contributed by atoms with Crippen molar-refractivity contribution in [3.63, 3.8) is 0 Å². The van der Waals surface area contributed by atoms with Crippen molar-refractivity contribution in [1.29, 1.82) is 0 Å². The lowest BCUT2D eigenvalue weighted by atomic mass is 9.92. The molecule has 0 radical (unpaired) electrons. The molecule has 0 atom stereocenters. The fourth-order valence-corrected chi connectivity index (χ4v) is 3.23. The van der Waals surface area contributed by atoms with Gasteiger partial charge in [-0.3, -0.25) is 14.5 Å². The van der Waals surface area contributed by atoms with Gasteiger partial charge in [-0.2, -0.15) is 5.10 Å². The first-order valence-electron chi connectivity index (χ1n) is 7.99. The van der Waals surface area contributed by atoms with Crippen LogP contribution in [-0.4, -0.2) is 25.7 Å². The van der Waals surface area contributed by atoms with Gasteiger partial charge in [-0.1, -0.05) is 6.07 Å². The number of hydrogen-bond donors (Lipinski definition) is 1. The molecule has 126 valence electrons.